The smallest absolute Gasteiger partial charge is 0.230 e. The average Bonchev–Trinajstić information content (AvgIpc) is 2.68. The number of carbonyl (C=O) groups excluding carboxylic acids is 1. The van der Waals surface area contributed by atoms with Gasteiger partial charge in [-0.25, -0.2) is 9.97 Å². The summed E-state index contributed by atoms with van der Waals surface area (Å²) < 4.78 is 6.04. The van der Waals surface area contributed by atoms with Crippen LogP contribution in [-0.4, -0.2) is 29.6 Å². The summed E-state index contributed by atoms with van der Waals surface area (Å²) in [5.74, 6) is 0.317. The van der Waals surface area contributed by atoms with E-state index in [0.29, 0.717) is 18.1 Å². The van der Waals surface area contributed by atoms with E-state index < -0.39 is 0 Å². The molecule has 0 aliphatic rings. The van der Waals surface area contributed by atoms with E-state index in [0.717, 1.165) is 26.9 Å². The first-order chi connectivity index (χ1) is 13.9. The van der Waals surface area contributed by atoms with Crippen LogP contribution in [0.1, 0.15) is 37.7 Å². The Labute approximate surface area is 180 Å². The lowest BCUT2D eigenvalue weighted by molar-refractivity contribution is -0.115. The molecule has 1 heterocycles. The van der Waals surface area contributed by atoms with Gasteiger partial charge in [0.25, 0.3) is 0 Å². The molecule has 0 bridgehead atoms. The number of carbonyl (C=O) groups is 1. The van der Waals surface area contributed by atoms with Crippen LogP contribution in [0.3, 0.4) is 0 Å². The second kappa shape index (κ2) is 11.4. The minimum atomic E-state index is -0.135. The predicted octanol–water partition coefficient (Wildman–Crippen LogP) is 5.45. The second-order valence-electron chi connectivity index (χ2n) is 6.66. The Bertz CT molecular complexity index is 928. The highest BCUT2D eigenvalue weighted by Crippen LogP contribution is 2.20. The molecule has 0 saturated carbocycles. The fourth-order valence-corrected chi connectivity index (χ4v) is 2.84. The molecule has 6 heteroatoms. The van der Waals surface area contributed by atoms with Crippen LogP contribution in [0.2, 0.25) is 0 Å². The van der Waals surface area contributed by atoms with Crippen molar-refractivity contribution < 1.29 is 9.53 Å². The molecule has 0 atom stereocenters. The van der Waals surface area contributed by atoms with E-state index in [-0.39, 0.29) is 12.3 Å². The van der Waals surface area contributed by atoms with Gasteiger partial charge < -0.3 is 10.1 Å². The number of aromatic nitrogens is 2. The van der Waals surface area contributed by atoms with E-state index in [4.69, 9.17) is 9.72 Å². The SMILES string of the molecule is C/C=C(\C=C/COC)c1cnc(NC(=O)Cc2ccc(Br)cc2)c(C=C(C)C)n1. The molecule has 0 fully saturated rings. The Kier molecular flexibility index (Phi) is 8.96. The first kappa shape index (κ1) is 22.7. The number of rotatable bonds is 8. The van der Waals surface area contributed by atoms with Gasteiger partial charge in [-0.1, -0.05) is 51.9 Å². The third-order valence-corrected chi connectivity index (χ3v) is 4.46. The average molecular weight is 456 g/mol. The molecular formula is C23H26BrN3O2. The number of hydrogen-bond donors (Lipinski definition) is 1. The highest BCUT2D eigenvalue weighted by atomic mass is 79.9. The van der Waals surface area contributed by atoms with Crippen LogP contribution >= 0.6 is 15.9 Å². The summed E-state index contributed by atoms with van der Waals surface area (Å²) in [5.41, 5.74) is 4.30. The van der Waals surface area contributed by atoms with Gasteiger partial charge in [0.1, 0.15) is 5.69 Å². The summed E-state index contributed by atoms with van der Waals surface area (Å²) in [6.07, 6.45) is 9.69. The molecule has 1 amide bonds. The minimum absolute atomic E-state index is 0.135. The van der Waals surface area contributed by atoms with Crippen LogP contribution in [-0.2, 0) is 16.0 Å². The molecule has 0 aliphatic heterocycles. The second-order valence-corrected chi connectivity index (χ2v) is 7.58. The van der Waals surface area contributed by atoms with Crippen molar-refractivity contribution in [3.63, 3.8) is 0 Å². The lowest BCUT2D eigenvalue weighted by Crippen LogP contribution is -2.17. The van der Waals surface area contributed by atoms with Gasteiger partial charge in [-0.2, -0.15) is 0 Å². The number of methoxy groups -OCH3 is 1. The quantitative estimate of drug-likeness (QED) is 0.537. The van der Waals surface area contributed by atoms with Crippen molar-refractivity contribution in [3.8, 4) is 0 Å². The number of benzene rings is 1. The zero-order valence-electron chi connectivity index (χ0n) is 17.2. The van der Waals surface area contributed by atoms with Crippen molar-refractivity contribution >= 4 is 39.3 Å². The lowest BCUT2D eigenvalue weighted by Gasteiger charge is -2.10. The number of halogens is 1. The third kappa shape index (κ3) is 7.40. The molecule has 2 rings (SSSR count). The van der Waals surface area contributed by atoms with Gasteiger partial charge in [-0.3, -0.25) is 4.79 Å². The summed E-state index contributed by atoms with van der Waals surface area (Å²) >= 11 is 3.40. The van der Waals surface area contributed by atoms with E-state index in [9.17, 15) is 4.79 Å². The lowest BCUT2D eigenvalue weighted by atomic mass is 10.1. The van der Waals surface area contributed by atoms with Crippen molar-refractivity contribution in [2.24, 2.45) is 0 Å². The molecule has 0 spiro atoms. The molecule has 1 aromatic heterocycles. The number of anilines is 1. The molecule has 1 N–H and O–H groups in total. The van der Waals surface area contributed by atoms with Crippen molar-refractivity contribution in [2.45, 2.75) is 27.2 Å². The Hall–Kier alpha value is -2.57. The number of hydrogen-bond acceptors (Lipinski definition) is 4. The molecule has 0 radical (unpaired) electrons. The van der Waals surface area contributed by atoms with Crippen LogP contribution in [0.15, 0.2) is 58.7 Å². The Morgan fingerprint density at radius 3 is 2.59 bits per heavy atom. The van der Waals surface area contributed by atoms with Gasteiger partial charge >= 0.3 is 0 Å². The van der Waals surface area contributed by atoms with E-state index in [2.05, 4.69) is 26.2 Å². The summed E-state index contributed by atoms with van der Waals surface area (Å²) in [6.45, 7) is 6.44. The van der Waals surface area contributed by atoms with Gasteiger partial charge in [0.15, 0.2) is 5.82 Å². The van der Waals surface area contributed by atoms with Gasteiger partial charge in [0.05, 0.1) is 24.9 Å². The minimum Gasteiger partial charge on any atom is -0.381 e. The largest absolute Gasteiger partial charge is 0.381 e. The van der Waals surface area contributed by atoms with Crippen LogP contribution < -0.4 is 5.32 Å². The molecule has 0 unspecified atom stereocenters. The zero-order chi connectivity index (χ0) is 21.2. The Balaban J connectivity index is 2.25. The Morgan fingerprint density at radius 1 is 1.24 bits per heavy atom. The maximum atomic E-state index is 12.5. The first-order valence-electron chi connectivity index (χ1n) is 9.31. The van der Waals surface area contributed by atoms with Crippen LogP contribution in [0.4, 0.5) is 5.82 Å². The normalized spacial score (nSPS) is 11.6. The van der Waals surface area contributed by atoms with Gasteiger partial charge in [-0.15, -0.1) is 0 Å². The van der Waals surface area contributed by atoms with Gasteiger partial charge in [0, 0.05) is 11.6 Å². The Morgan fingerprint density at radius 2 is 1.97 bits per heavy atom. The van der Waals surface area contributed by atoms with Crippen LogP contribution in [0.25, 0.3) is 11.6 Å². The maximum Gasteiger partial charge on any atom is 0.230 e. The standard InChI is InChI=1S/C23H26BrN3O2/c1-5-18(7-6-12-29-4)21-15-25-23(20(26-21)13-16(2)3)27-22(28)14-17-8-10-19(24)11-9-17/h5-11,13,15H,12,14H2,1-4H3,(H,25,27,28)/b7-6-,18-5+. The highest BCUT2D eigenvalue weighted by molar-refractivity contribution is 9.10. The molecule has 1 aromatic carbocycles. The van der Waals surface area contributed by atoms with Gasteiger partial charge in [0.2, 0.25) is 5.91 Å². The third-order valence-electron chi connectivity index (χ3n) is 3.93. The van der Waals surface area contributed by atoms with Crippen molar-refractivity contribution in [2.75, 3.05) is 19.0 Å². The fourth-order valence-electron chi connectivity index (χ4n) is 2.58. The molecule has 152 valence electrons. The van der Waals surface area contributed by atoms with Crippen molar-refractivity contribution in [1.29, 1.82) is 0 Å². The number of nitrogens with zero attached hydrogens (tertiary/aromatic N) is 2. The molecule has 2 aromatic rings. The molecular weight excluding hydrogens is 430 g/mol. The van der Waals surface area contributed by atoms with Crippen molar-refractivity contribution in [3.05, 3.63) is 75.7 Å². The topological polar surface area (TPSA) is 64.1 Å². The summed E-state index contributed by atoms with van der Waals surface area (Å²) in [4.78, 5) is 21.7. The predicted molar refractivity (Wildman–Crippen MR) is 122 cm³/mol. The zero-order valence-corrected chi connectivity index (χ0v) is 18.8. The van der Waals surface area contributed by atoms with Crippen molar-refractivity contribution in [1.82, 2.24) is 9.97 Å². The summed E-state index contributed by atoms with van der Waals surface area (Å²) in [6, 6.07) is 7.67. The highest BCUT2D eigenvalue weighted by Gasteiger charge is 2.11. The van der Waals surface area contributed by atoms with E-state index >= 15 is 0 Å². The van der Waals surface area contributed by atoms with Crippen LogP contribution in [0, 0.1) is 0 Å². The fraction of sp³-hybridized carbons (Fsp3) is 0.261. The molecule has 5 nitrogen and oxygen atoms in total. The van der Waals surface area contributed by atoms with Crippen LogP contribution in [0.5, 0.6) is 0 Å². The molecule has 0 aliphatic carbocycles. The monoisotopic (exact) mass is 455 g/mol. The number of allylic oxidation sites excluding steroid dienone is 4. The number of ether oxygens (including phenoxy) is 1. The molecule has 0 saturated heterocycles. The number of nitrogens with one attached hydrogen (secondary N) is 1. The van der Waals surface area contributed by atoms with Gasteiger partial charge in [-0.05, 0) is 50.1 Å². The molecule has 29 heavy (non-hydrogen) atoms. The van der Waals surface area contributed by atoms with E-state index in [1.165, 1.54) is 0 Å². The maximum absolute atomic E-state index is 12.5. The summed E-state index contributed by atoms with van der Waals surface area (Å²) in [7, 11) is 1.65. The number of amides is 1. The summed E-state index contributed by atoms with van der Waals surface area (Å²) in [5, 5.41) is 2.89. The van der Waals surface area contributed by atoms with E-state index in [1.807, 2.05) is 69.3 Å². The first-order valence-corrected chi connectivity index (χ1v) is 10.1. The van der Waals surface area contributed by atoms with E-state index in [1.54, 1.807) is 13.3 Å².